The number of hydrogen-bond acceptors (Lipinski definition) is 4. The Labute approximate surface area is 150 Å². The van der Waals surface area contributed by atoms with Gasteiger partial charge in [0, 0.05) is 24.7 Å². The van der Waals surface area contributed by atoms with Gasteiger partial charge in [-0.15, -0.1) is 0 Å². The van der Waals surface area contributed by atoms with E-state index in [1.54, 1.807) is 24.3 Å². The third kappa shape index (κ3) is 3.39. The highest BCUT2D eigenvalue weighted by Crippen LogP contribution is 2.24. The molecule has 2 heterocycles. The van der Waals surface area contributed by atoms with E-state index < -0.39 is 0 Å². The summed E-state index contributed by atoms with van der Waals surface area (Å²) < 4.78 is 24.5. The van der Waals surface area contributed by atoms with E-state index in [0.29, 0.717) is 43.2 Å². The fourth-order valence-corrected chi connectivity index (χ4v) is 3.02. The average molecular weight is 351 g/mol. The van der Waals surface area contributed by atoms with Gasteiger partial charge >= 0.3 is 0 Å². The van der Waals surface area contributed by atoms with E-state index in [2.05, 4.69) is 0 Å². The monoisotopic (exact) mass is 351 g/mol. The van der Waals surface area contributed by atoms with Gasteiger partial charge in [-0.2, -0.15) is 0 Å². The van der Waals surface area contributed by atoms with Crippen molar-refractivity contribution in [2.45, 2.75) is 0 Å². The molecule has 0 aliphatic carbocycles. The van der Waals surface area contributed by atoms with Crippen molar-refractivity contribution < 1.29 is 13.5 Å². The molecule has 0 amide bonds. The highest BCUT2D eigenvalue weighted by molar-refractivity contribution is 5.89. The van der Waals surface area contributed by atoms with Crippen LogP contribution in [0.25, 0.3) is 23.1 Å². The largest absolute Gasteiger partial charge is 0.440 e. The molecule has 5 heteroatoms. The van der Waals surface area contributed by atoms with Crippen molar-refractivity contribution in [3.8, 4) is 0 Å². The van der Waals surface area contributed by atoms with Crippen molar-refractivity contribution in [2.24, 2.45) is 0 Å². The first-order valence-electron chi connectivity index (χ1n) is 8.54. The zero-order chi connectivity index (χ0) is 17.9. The van der Waals surface area contributed by atoms with Crippen LogP contribution in [0.1, 0.15) is 11.1 Å². The zero-order valence-electron chi connectivity index (χ0n) is 14.2. The van der Waals surface area contributed by atoms with E-state index in [1.807, 2.05) is 29.2 Å². The highest BCUT2D eigenvalue weighted by atomic mass is 19.1. The topological polar surface area (TPSA) is 42.7 Å². The number of halogens is 1. The maximum atomic E-state index is 13.0. The van der Waals surface area contributed by atoms with Crippen LogP contribution in [-0.2, 0) is 4.74 Å². The quantitative estimate of drug-likeness (QED) is 0.671. The summed E-state index contributed by atoms with van der Waals surface area (Å²) in [5.74, 6) is 0.293. The third-order valence-electron chi connectivity index (χ3n) is 4.42. The van der Waals surface area contributed by atoms with Crippen LogP contribution in [0, 0.1) is 5.82 Å². The molecule has 1 saturated heterocycles. The lowest BCUT2D eigenvalue weighted by atomic mass is 10.1. The van der Waals surface area contributed by atoms with Crippen molar-refractivity contribution in [1.29, 1.82) is 0 Å². The molecule has 1 aliphatic rings. The molecule has 0 N–H and O–H groups in total. The molecule has 0 saturated carbocycles. The summed E-state index contributed by atoms with van der Waals surface area (Å²) >= 11 is 0. The van der Waals surface area contributed by atoms with E-state index in [4.69, 9.17) is 9.15 Å². The molecule has 2 aromatic carbocycles. The summed E-state index contributed by atoms with van der Waals surface area (Å²) in [6, 6.07) is 13.3. The number of rotatable bonds is 3. The van der Waals surface area contributed by atoms with E-state index in [-0.39, 0.29) is 11.2 Å². The van der Waals surface area contributed by atoms with Crippen molar-refractivity contribution in [2.75, 3.05) is 31.2 Å². The second-order valence-corrected chi connectivity index (χ2v) is 6.16. The van der Waals surface area contributed by atoms with Crippen molar-refractivity contribution >= 4 is 29.0 Å². The highest BCUT2D eigenvalue weighted by Gasteiger charge is 2.16. The molecular formula is C21H18FNO3. The number of morpholine rings is 1. The summed E-state index contributed by atoms with van der Waals surface area (Å²) in [6.45, 7) is 2.63. The number of anilines is 1. The molecule has 4 rings (SSSR count). The van der Waals surface area contributed by atoms with Crippen LogP contribution in [0.2, 0.25) is 0 Å². The normalized spacial score (nSPS) is 15.0. The Morgan fingerprint density at radius 3 is 2.54 bits per heavy atom. The lowest BCUT2D eigenvalue weighted by Crippen LogP contribution is -2.36. The van der Waals surface area contributed by atoms with Gasteiger partial charge in [-0.1, -0.05) is 36.4 Å². The predicted molar refractivity (Wildman–Crippen MR) is 101 cm³/mol. The number of fused-ring (bicyclic) bond motifs is 1. The van der Waals surface area contributed by atoms with E-state index in [0.717, 1.165) is 11.1 Å². The van der Waals surface area contributed by atoms with Crippen LogP contribution in [0.5, 0.6) is 0 Å². The summed E-state index contributed by atoms with van der Waals surface area (Å²) in [7, 11) is 0. The van der Waals surface area contributed by atoms with Gasteiger partial charge < -0.3 is 14.1 Å². The van der Waals surface area contributed by atoms with Crippen molar-refractivity contribution in [3.63, 3.8) is 0 Å². The number of nitrogens with zero attached hydrogens (tertiary/aromatic N) is 1. The van der Waals surface area contributed by atoms with E-state index in [9.17, 15) is 9.18 Å². The molecule has 0 spiro atoms. The lowest BCUT2D eigenvalue weighted by Gasteiger charge is -2.27. The van der Waals surface area contributed by atoms with Gasteiger partial charge in [0.1, 0.15) is 11.4 Å². The molecule has 132 valence electrons. The summed E-state index contributed by atoms with van der Waals surface area (Å²) in [6.07, 6.45) is 3.75. The second-order valence-electron chi connectivity index (χ2n) is 6.16. The maximum absolute atomic E-state index is 13.0. The van der Waals surface area contributed by atoms with E-state index >= 15 is 0 Å². The summed E-state index contributed by atoms with van der Waals surface area (Å²) in [4.78, 5) is 14.5. The van der Waals surface area contributed by atoms with Gasteiger partial charge in [0.2, 0.25) is 0 Å². The van der Waals surface area contributed by atoms with Crippen LogP contribution in [0.3, 0.4) is 0 Å². The number of hydrogen-bond donors (Lipinski definition) is 0. The van der Waals surface area contributed by atoms with Gasteiger partial charge in [0.15, 0.2) is 11.3 Å². The minimum Gasteiger partial charge on any atom is -0.440 e. The van der Waals surface area contributed by atoms with Gasteiger partial charge in [-0.25, -0.2) is 4.39 Å². The Bertz CT molecular complexity index is 1000. The first-order chi connectivity index (χ1) is 12.7. The molecule has 1 aliphatic heterocycles. The van der Waals surface area contributed by atoms with Crippen LogP contribution in [-0.4, -0.2) is 26.3 Å². The second kappa shape index (κ2) is 7.14. The molecule has 4 nitrogen and oxygen atoms in total. The standard InChI is InChI=1S/C21H18FNO3/c22-17-8-5-15(6-9-17)4-7-16-2-1-3-18-19(24)14-20(26-21(16)18)23-10-12-25-13-11-23/h1-9,14H,10-13H2/b7-4+. The zero-order valence-corrected chi connectivity index (χ0v) is 14.2. The molecule has 0 atom stereocenters. The molecule has 3 aromatic rings. The van der Waals surface area contributed by atoms with Crippen LogP contribution in [0.4, 0.5) is 10.3 Å². The molecule has 0 radical (unpaired) electrons. The molecule has 0 bridgehead atoms. The molecule has 0 unspecified atom stereocenters. The first-order valence-corrected chi connectivity index (χ1v) is 8.54. The van der Waals surface area contributed by atoms with Gasteiger partial charge in [-0.3, -0.25) is 4.79 Å². The minimum atomic E-state index is -0.270. The Morgan fingerprint density at radius 1 is 1.00 bits per heavy atom. The molecular weight excluding hydrogens is 333 g/mol. The van der Waals surface area contributed by atoms with Gasteiger partial charge in [0.25, 0.3) is 0 Å². The Hall–Kier alpha value is -2.92. The average Bonchev–Trinajstić information content (AvgIpc) is 2.68. The molecule has 1 aromatic heterocycles. The fourth-order valence-electron chi connectivity index (χ4n) is 3.02. The van der Waals surface area contributed by atoms with Crippen LogP contribution < -0.4 is 10.3 Å². The maximum Gasteiger partial charge on any atom is 0.200 e. The van der Waals surface area contributed by atoms with Gasteiger partial charge in [-0.05, 0) is 23.8 Å². The minimum absolute atomic E-state index is 0.0650. The van der Waals surface area contributed by atoms with E-state index in [1.165, 1.54) is 12.1 Å². The predicted octanol–water partition coefficient (Wildman–Crippen LogP) is 3.94. The Balaban J connectivity index is 1.75. The Morgan fingerprint density at radius 2 is 1.77 bits per heavy atom. The van der Waals surface area contributed by atoms with Crippen molar-refractivity contribution in [3.05, 3.63) is 75.7 Å². The summed E-state index contributed by atoms with van der Waals surface area (Å²) in [5, 5.41) is 0.545. The SMILES string of the molecule is O=c1cc(N2CCOCC2)oc2c(/C=C/c3ccc(F)cc3)cccc12. The van der Waals surface area contributed by atoms with Crippen LogP contribution in [0.15, 0.2) is 57.7 Å². The third-order valence-corrected chi connectivity index (χ3v) is 4.42. The lowest BCUT2D eigenvalue weighted by molar-refractivity contribution is 0.121. The molecule has 1 fully saturated rings. The first kappa shape index (κ1) is 16.5. The molecule has 26 heavy (non-hydrogen) atoms. The fraction of sp³-hybridized carbons (Fsp3) is 0.190. The number of ether oxygens (including phenoxy) is 1. The Kier molecular flexibility index (Phi) is 4.54. The van der Waals surface area contributed by atoms with Crippen LogP contribution >= 0.6 is 0 Å². The number of benzene rings is 2. The van der Waals surface area contributed by atoms with Crippen molar-refractivity contribution in [1.82, 2.24) is 0 Å². The summed E-state index contributed by atoms with van der Waals surface area (Å²) in [5.41, 5.74) is 2.17. The smallest absolute Gasteiger partial charge is 0.200 e. The van der Waals surface area contributed by atoms with Gasteiger partial charge in [0.05, 0.1) is 18.6 Å². The number of para-hydroxylation sites is 1.